The quantitative estimate of drug-likeness (QED) is 0.593. The first-order valence-corrected chi connectivity index (χ1v) is 9.59. The van der Waals surface area contributed by atoms with Gasteiger partial charge < -0.3 is 5.11 Å². The number of benzene rings is 2. The molecule has 0 fully saturated rings. The first-order valence-electron chi connectivity index (χ1n) is 9.59. The second-order valence-electron chi connectivity index (χ2n) is 8.05. The molecule has 0 aliphatic heterocycles. The maximum Gasteiger partial charge on any atom is 0.146 e. The second-order valence-corrected chi connectivity index (χ2v) is 8.05. The number of aromatic hydroxyl groups is 1. The highest BCUT2D eigenvalue weighted by molar-refractivity contribution is 5.73. The van der Waals surface area contributed by atoms with E-state index in [0.29, 0.717) is 5.69 Å². The summed E-state index contributed by atoms with van der Waals surface area (Å²) in [7, 11) is 0. The molecule has 0 atom stereocenters. The molecule has 3 aromatic rings. The number of hydrogen-bond acceptors (Lipinski definition) is 3. The fourth-order valence-electron chi connectivity index (χ4n) is 3.27. The molecule has 1 aromatic heterocycles. The van der Waals surface area contributed by atoms with Crippen molar-refractivity contribution in [3.8, 4) is 11.4 Å². The zero-order chi connectivity index (χ0) is 18.7. The Morgan fingerprint density at radius 3 is 2.19 bits per heavy atom. The molecule has 0 radical (unpaired) electrons. The molecule has 0 bridgehead atoms. The summed E-state index contributed by atoms with van der Waals surface area (Å²) in [5.74, 6) is 0.273. The maximum absolute atomic E-state index is 10.9. The van der Waals surface area contributed by atoms with Gasteiger partial charge in [-0.05, 0) is 42.0 Å². The topological polar surface area (TPSA) is 50.9 Å². The highest BCUT2D eigenvalue weighted by Gasteiger charge is 2.23. The minimum Gasteiger partial charge on any atom is -0.505 e. The van der Waals surface area contributed by atoms with Gasteiger partial charge in [0.25, 0.3) is 0 Å². The lowest BCUT2D eigenvalue weighted by Gasteiger charge is -2.23. The molecule has 138 valence electrons. The largest absolute Gasteiger partial charge is 0.505 e. The molecule has 4 nitrogen and oxygen atoms in total. The van der Waals surface area contributed by atoms with Crippen LogP contribution in [0.25, 0.3) is 16.7 Å². The molecule has 0 amide bonds. The summed E-state index contributed by atoms with van der Waals surface area (Å²) in [6, 6.07) is 12.0. The van der Waals surface area contributed by atoms with Gasteiger partial charge in [-0.25, -0.2) is 0 Å². The second kappa shape index (κ2) is 7.48. The summed E-state index contributed by atoms with van der Waals surface area (Å²) in [5, 5.41) is 20.1. The highest BCUT2D eigenvalue weighted by Crippen LogP contribution is 2.36. The number of phenolic OH excluding ortho intramolecular Hbond substituents is 1. The lowest BCUT2D eigenvalue weighted by molar-refractivity contribution is 0.440. The van der Waals surface area contributed by atoms with Crippen molar-refractivity contribution in [1.82, 2.24) is 15.0 Å². The minimum atomic E-state index is -0.148. The number of nitrogens with zero attached hydrogens (tertiary/aromatic N) is 3. The molecule has 0 spiro atoms. The number of aryl methyl sites for hydroxylation is 1. The molecular weight excluding hydrogens is 322 g/mol. The average Bonchev–Trinajstić information content (AvgIpc) is 3.02. The van der Waals surface area contributed by atoms with E-state index in [1.54, 1.807) is 4.80 Å². The lowest BCUT2D eigenvalue weighted by Crippen LogP contribution is -2.14. The highest BCUT2D eigenvalue weighted by atomic mass is 16.3. The van der Waals surface area contributed by atoms with Crippen molar-refractivity contribution >= 4 is 11.0 Å². The monoisotopic (exact) mass is 351 g/mol. The first-order chi connectivity index (χ1) is 12.4. The summed E-state index contributed by atoms with van der Waals surface area (Å²) in [5.41, 5.74) is 4.36. The Hall–Kier alpha value is -2.36. The summed E-state index contributed by atoms with van der Waals surface area (Å²) < 4.78 is 0. The van der Waals surface area contributed by atoms with Gasteiger partial charge in [0.05, 0.1) is 0 Å². The Labute approximate surface area is 155 Å². The summed E-state index contributed by atoms with van der Waals surface area (Å²) in [6.45, 7) is 8.60. The number of phenols is 1. The van der Waals surface area contributed by atoms with Crippen LogP contribution in [0.4, 0.5) is 0 Å². The third kappa shape index (κ3) is 3.90. The van der Waals surface area contributed by atoms with Crippen LogP contribution >= 0.6 is 0 Å². The van der Waals surface area contributed by atoms with Crippen molar-refractivity contribution in [3.05, 3.63) is 47.5 Å². The van der Waals surface area contributed by atoms with Crippen molar-refractivity contribution in [2.24, 2.45) is 0 Å². The van der Waals surface area contributed by atoms with E-state index in [1.165, 1.54) is 24.8 Å². The van der Waals surface area contributed by atoms with Crippen LogP contribution in [-0.4, -0.2) is 20.1 Å². The third-order valence-corrected chi connectivity index (χ3v) is 4.78. The first kappa shape index (κ1) is 18.4. The van der Waals surface area contributed by atoms with E-state index in [4.69, 9.17) is 0 Å². The van der Waals surface area contributed by atoms with Crippen LogP contribution in [0.5, 0.6) is 5.75 Å². The molecule has 0 unspecified atom stereocenters. The number of hydrogen-bond donors (Lipinski definition) is 1. The van der Waals surface area contributed by atoms with Crippen molar-refractivity contribution in [2.75, 3.05) is 0 Å². The zero-order valence-electron chi connectivity index (χ0n) is 16.3. The normalized spacial score (nSPS) is 12.0. The van der Waals surface area contributed by atoms with Crippen LogP contribution in [0.2, 0.25) is 0 Å². The molecule has 0 aliphatic carbocycles. The van der Waals surface area contributed by atoms with E-state index in [0.717, 1.165) is 29.4 Å². The van der Waals surface area contributed by atoms with Gasteiger partial charge >= 0.3 is 0 Å². The number of unbranched alkanes of at least 4 members (excludes halogenated alkanes) is 3. The molecule has 0 aliphatic rings. The van der Waals surface area contributed by atoms with Crippen LogP contribution in [0.3, 0.4) is 0 Å². The summed E-state index contributed by atoms with van der Waals surface area (Å²) in [4.78, 5) is 1.57. The van der Waals surface area contributed by atoms with Gasteiger partial charge in [0.2, 0.25) is 0 Å². The fraction of sp³-hybridized carbons (Fsp3) is 0.455. The minimum absolute atomic E-state index is 0.148. The van der Waals surface area contributed by atoms with E-state index in [2.05, 4.69) is 44.0 Å². The van der Waals surface area contributed by atoms with Crippen molar-refractivity contribution in [1.29, 1.82) is 0 Å². The van der Waals surface area contributed by atoms with Gasteiger partial charge in [-0.15, -0.1) is 15.0 Å². The predicted molar refractivity (Wildman–Crippen MR) is 107 cm³/mol. The van der Waals surface area contributed by atoms with Crippen molar-refractivity contribution in [3.63, 3.8) is 0 Å². The van der Waals surface area contributed by atoms with E-state index >= 15 is 0 Å². The van der Waals surface area contributed by atoms with Gasteiger partial charge in [-0.1, -0.05) is 65.2 Å². The number of aromatic nitrogens is 3. The standard InChI is InChI=1S/C22H29N3O/c1-5-6-7-8-11-16-14-17(22(2,3)4)21(26)20(15-16)25-23-18-12-9-10-13-19(18)24-25/h9-10,12-15,26H,5-8,11H2,1-4H3. The summed E-state index contributed by atoms with van der Waals surface area (Å²) in [6.07, 6.45) is 5.91. The Bertz CT molecular complexity index is 857. The molecule has 4 heteroatoms. The Morgan fingerprint density at radius 1 is 0.962 bits per heavy atom. The van der Waals surface area contributed by atoms with Crippen LogP contribution < -0.4 is 0 Å². The molecule has 2 aromatic carbocycles. The van der Waals surface area contributed by atoms with Gasteiger partial charge in [0, 0.05) is 5.56 Å². The smallest absolute Gasteiger partial charge is 0.146 e. The van der Waals surface area contributed by atoms with E-state index in [9.17, 15) is 5.11 Å². The van der Waals surface area contributed by atoms with E-state index in [-0.39, 0.29) is 11.2 Å². The van der Waals surface area contributed by atoms with E-state index < -0.39 is 0 Å². The molecular formula is C22H29N3O. The Morgan fingerprint density at radius 2 is 1.62 bits per heavy atom. The van der Waals surface area contributed by atoms with Crippen LogP contribution in [0.15, 0.2) is 36.4 Å². The van der Waals surface area contributed by atoms with E-state index in [1.807, 2.05) is 30.3 Å². The predicted octanol–water partition coefficient (Wildman–Crippen LogP) is 5.55. The average molecular weight is 351 g/mol. The zero-order valence-corrected chi connectivity index (χ0v) is 16.3. The van der Waals surface area contributed by atoms with Gasteiger partial charge in [0.15, 0.2) is 0 Å². The molecule has 26 heavy (non-hydrogen) atoms. The number of fused-ring (bicyclic) bond motifs is 1. The SMILES string of the molecule is CCCCCCc1cc(-n2nc3ccccc3n2)c(O)c(C(C)(C)C)c1. The fourth-order valence-corrected chi connectivity index (χ4v) is 3.27. The molecule has 1 N–H and O–H groups in total. The lowest BCUT2D eigenvalue weighted by atomic mass is 9.84. The van der Waals surface area contributed by atoms with Crippen molar-refractivity contribution < 1.29 is 5.11 Å². The molecule has 0 saturated carbocycles. The van der Waals surface area contributed by atoms with Gasteiger partial charge in [-0.3, -0.25) is 0 Å². The number of rotatable bonds is 6. The third-order valence-electron chi connectivity index (χ3n) is 4.78. The van der Waals surface area contributed by atoms with Gasteiger partial charge in [-0.2, -0.15) is 0 Å². The van der Waals surface area contributed by atoms with Crippen LogP contribution in [-0.2, 0) is 11.8 Å². The maximum atomic E-state index is 10.9. The summed E-state index contributed by atoms with van der Waals surface area (Å²) >= 11 is 0. The Balaban J connectivity index is 2.04. The van der Waals surface area contributed by atoms with Crippen LogP contribution in [0.1, 0.15) is 64.5 Å². The van der Waals surface area contributed by atoms with Gasteiger partial charge in [0.1, 0.15) is 22.5 Å². The Kier molecular flexibility index (Phi) is 5.30. The van der Waals surface area contributed by atoms with Crippen molar-refractivity contribution in [2.45, 2.75) is 65.2 Å². The molecule has 0 saturated heterocycles. The van der Waals surface area contributed by atoms with Crippen LogP contribution in [0, 0.1) is 0 Å². The molecule has 1 heterocycles. The molecule has 3 rings (SSSR count).